The molecule has 9 atom stereocenters. The number of carbonyl (C=O) groups excluding carboxylic acids is 3. The molecule has 5 aliphatic carbocycles. The molecule has 2 amide bonds. The molecule has 0 radical (unpaired) electrons. The molecule has 0 spiro atoms. The first kappa shape index (κ1) is 35.4. The summed E-state index contributed by atoms with van der Waals surface area (Å²) in [6.45, 7) is 26.8. The van der Waals surface area contributed by atoms with Crippen LogP contribution in [0.2, 0.25) is 0 Å². The summed E-state index contributed by atoms with van der Waals surface area (Å²) in [6, 6.07) is 0. The van der Waals surface area contributed by atoms with E-state index in [2.05, 4.69) is 64.1 Å². The second-order valence-electron chi connectivity index (χ2n) is 18.4. The fourth-order valence-electron chi connectivity index (χ4n) is 12.5. The van der Waals surface area contributed by atoms with Gasteiger partial charge in [0.15, 0.2) is 0 Å². The highest BCUT2D eigenvalue weighted by molar-refractivity contribution is 5.85. The van der Waals surface area contributed by atoms with E-state index in [9.17, 15) is 14.4 Å². The van der Waals surface area contributed by atoms with Gasteiger partial charge in [-0.25, -0.2) is 4.79 Å². The average molecular weight is 640 g/mol. The quantitative estimate of drug-likeness (QED) is 0.189. The maximum Gasteiger partial charge on any atom is 0.407 e. The van der Waals surface area contributed by atoms with Gasteiger partial charge in [0.2, 0.25) is 5.91 Å². The van der Waals surface area contributed by atoms with Crippen molar-refractivity contribution in [3.05, 3.63) is 12.2 Å². The Kier molecular flexibility index (Phi) is 9.40. The first-order valence-corrected chi connectivity index (χ1v) is 18.5. The van der Waals surface area contributed by atoms with E-state index in [1.165, 1.54) is 24.8 Å². The highest BCUT2D eigenvalue weighted by Gasteiger charge is 2.71. The van der Waals surface area contributed by atoms with E-state index in [1.54, 1.807) is 0 Å². The summed E-state index contributed by atoms with van der Waals surface area (Å²) in [5, 5.41) is 9.49. The van der Waals surface area contributed by atoms with Gasteiger partial charge in [0.25, 0.3) is 0 Å². The van der Waals surface area contributed by atoms with Gasteiger partial charge in [-0.1, -0.05) is 46.8 Å². The molecule has 0 saturated heterocycles. The Labute approximate surface area is 279 Å². The summed E-state index contributed by atoms with van der Waals surface area (Å²) in [5.74, 6) is 3.03. The standard InChI is InChI=1S/C39H65N3O4/c1-25(2)26-13-18-39(32(44)41-23-21-40-22-24-42-33(45)46-34(3,4)5)20-19-37(9)27(31(26)39)11-12-29-36(8)16-15-30(43)35(6,7)28(36)14-17-38(29,37)10/h26-29,31,40H,1,11-24H2,2-10H3,(H,41,44)(H,42,45)/t26-,27+,28-,29+,31+,36-,37+,38+,39-/m0/s1. The van der Waals surface area contributed by atoms with Crippen molar-refractivity contribution in [1.82, 2.24) is 16.0 Å². The third-order valence-electron chi connectivity index (χ3n) is 14.8. The van der Waals surface area contributed by atoms with Crippen molar-refractivity contribution >= 4 is 17.8 Å². The van der Waals surface area contributed by atoms with Crippen molar-refractivity contribution < 1.29 is 19.1 Å². The smallest absolute Gasteiger partial charge is 0.407 e. The van der Waals surface area contributed by atoms with Gasteiger partial charge in [-0.05, 0) is 131 Å². The summed E-state index contributed by atoms with van der Waals surface area (Å²) < 4.78 is 5.30. The van der Waals surface area contributed by atoms with Crippen molar-refractivity contribution in [2.24, 2.45) is 56.7 Å². The lowest BCUT2D eigenvalue weighted by molar-refractivity contribution is -0.233. The van der Waals surface area contributed by atoms with Crippen LogP contribution in [0.4, 0.5) is 4.79 Å². The Bertz CT molecular complexity index is 1220. The van der Waals surface area contributed by atoms with Gasteiger partial charge >= 0.3 is 6.09 Å². The fourth-order valence-corrected chi connectivity index (χ4v) is 12.5. The second-order valence-corrected chi connectivity index (χ2v) is 18.4. The zero-order valence-corrected chi connectivity index (χ0v) is 30.6. The minimum absolute atomic E-state index is 0.171. The third-order valence-corrected chi connectivity index (χ3v) is 14.8. The molecule has 260 valence electrons. The van der Waals surface area contributed by atoms with E-state index >= 15 is 0 Å². The summed E-state index contributed by atoms with van der Waals surface area (Å²) >= 11 is 0. The molecule has 0 aliphatic heterocycles. The van der Waals surface area contributed by atoms with E-state index in [4.69, 9.17) is 4.74 Å². The molecular weight excluding hydrogens is 574 g/mol. The number of amides is 2. The molecule has 0 heterocycles. The molecule has 0 aromatic rings. The third kappa shape index (κ3) is 5.66. The molecule has 0 unspecified atom stereocenters. The van der Waals surface area contributed by atoms with Crippen molar-refractivity contribution in [1.29, 1.82) is 0 Å². The lowest BCUT2D eigenvalue weighted by atomic mass is 9.32. The number of hydrogen-bond acceptors (Lipinski definition) is 5. The molecule has 0 aromatic carbocycles. The highest BCUT2D eigenvalue weighted by Crippen LogP contribution is 2.77. The molecule has 5 rings (SSSR count). The monoisotopic (exact) mass is 639 g/mol. The topological polar surface area (TPSA) is 96.5 Å². The van der Waals surface area contributed by atoms with Crippen LogP contribution < -0.4 is 16.0 Å². The maximum atomic E-state index is 14.3. The van der Waals surface area contributed by atoms with Crippen molar-refractivity contribution in [3.63, 3.8) is 0 Å². The molecule has 7 nitrogen and oxygen atoms in total. The first-order valence-electron chi connectivity index (χ1n) is 18.5. The summed E-state index contributed by atoms with van der Waals surface area (Å²) in [7, 11) is 0. The Morgan fingerprint density at radius 1 is 0.826 bits per heavy atom. The highest BCUT2D eigenvalue weighted by atomic mass is 16.6. The van der Waals surface area contributed by atoms with E-state index < -0.39 is 11.7 Å². The van der Waals surface area contributed by atoms with Crippen molar-refractivity contribution in [3.8, 4) is 0 Å². The normalized spacial score (nSPS) is 41.3. The summed E-state index contributed by atoms with van der Waals surface area (Å²) in [5.41, 5.74) is 0.760. The number of ketones is 1. The zero-order chi connectivity index (χ0) is 33.9. The first-order chi connectivity index (χ1) is 21.3. The number of ether oxygens (including phenoxy) is 1. The maximum absolute atomic E-state index is 14.3. The fraction of sp³-hybridized carbons (Fsp3) is 0.872. The number of Topliss-reactive ketones (excluding diaryl/α,β-unsaturated/α-hetero) is 1. The molecule has 5 saturated carbocycles. The number of nitrogens with one attached hydrogen (secondary N) is 3. The van der Waals surface area contributed by atoms with E-state index in [0.717, 1.165) is 44.9 Å². The second kappa shape index (κ2) is 12.2. The predicted octanol–water partition coefficient (Wildman–Crippen LogP) is 7.44. The van der Waals surface area contributed by atoms with Gasteiger partial charge in [0, 0.05) is 38.0 Å². The SMILES string of the molecule is C=C(C)[C@@H]1CC[C@]2(C(=O)NCCNCCNC(=O)OC(C)(C)C)CC[C@]3(C)[C@H](CC[C@@H]4[C@@]5(C)CCC(=O)C(C)(C)[C@@H]5CC[C@]43C)[C@@H]12. The average Bonchev–Trinajstić information content (AvgIpc) is 3.35. The minimum atomic E-state index is -0.512. The van der Waals surface area contributed by atoms with Crippen LogP contribution in [0.1, 0.15) is 127 Å². The number of hydrogen-bond donors (Lipinski definition) is 3. The molecule has 5 fully saturated rings. The number of alkyl carbamates (subject to hydrolysis) is 1. The van der Waals surface area contributed by atoms with Crippen molar-refractivity contribution in [2.45, 2.75) is 132 Å². The number of rotatable bonds is 8. The molecular formula is C39H65N3O4. The van der Waals surface area contributed by atoms with Crippen LogP contribution in [0, 0.1) is 56.7 Å². The predicted molar refractivity (Wildman–Crippen MR) is 184 cm³/mol. The van der Waals surface area contributed by atoms with E-state index in [-0.39, 0.29) is 33.0 Å². The van der Waals surface area contributed by atoms with E-state index in [0.29, 0.717) is 61.6 Å². The van der Waals surface area contributed by atoms with Gasteiger partial charge in [-0.3, -0.25) is 9.59 Å². The lowest BCUT2D eigenvalue weighted by Gasteiger charge is -2.72. The number of carbonyl (C=O) groups is 3. The summed E-state index contributed by atoms with van der Waals surface area (Å²) in [6.07, 6.45) is 10.2. The summed E-state index contributed by atoms with van der Waals surface area (Å²) in [4.78, 5) is 39.3. The zero-order valence-electron chi connectivity index (χ0n) is 30.6. The van der Waals surface area contributed by atoms with Crippen LogP contribution in [0.25, 0.3) is 0 Å². The largest absolute Gasteiger partial charge is 0.444 e. The molecule has 46 heavy (non-hydrogen) atoms. The Hall–Kier alpha value is -1.89. The number of fused-ring (bicyclic) bond motifs is 7. The molecule has 3 N–H and O–H groups in total. The minimum Gasteiger partial charge on any atom is -0.444 e. The Morgan fingerprint density at radius 2 is 1.50 bits per heavy atom. The van der Waals surface area contributed by atoms with Gasteiger partial charge in [0.1, 0.15) is 11.4 Å². The molecule has 0 aromatic heterocycles. The molecule has 5 aliphatic rings. The van der Waals surface area contributed by atoms with Gasteiger partial charge in [0.05, 0.1) is 5.41 Å². The van der Waals surface area contributed by atoms with Crippen LogP contribution in [0.15, 0.2) is 12.2 Å². The van der Waals surface area contributed by atoms with Crippen LogP contribution in [-0.4, -0.2) is 49.6 Å². The van der Waals surface area contributed by atoms with Gasteiger partial charge in [-0.15, -0.1) is 0 Å². The van der Waals surface area contributed by atoms with Gasteiger partial charge in [-0.2, -0.15) is 0 Å². The van der Waals surface area contributed by atoms with Crippen LogP contribution >= 0.6 is 0 Å². The number of allylic oxidation sites excluding steroid dienone is 1. The van der Waals surface area contributed by atoms with Crippen LogP contribution in [0.5, 0.6) is 0 Å². The van der Waals surface area contributed by atoms with E-state index in [1.807, 2.05) is 20.8 Å². The molecule has 7 heteroatoms. The Balaban J connectivity index is 1.28. The Morgan fingerprint density at radius 3 is 2.15 bits per heavy atom. The lowest BCUT2D eigenvalue weighted by Crippen LogP contribution is -2.67. The van der Waals surface area contributed by atoms with Gasteiger partial charge < -0.3 is 20.7 Å². The molecule has 0 bridgehead atoms. The van der Waals surface area contributed by atoms with Crippen LogP contribution in [0.3, 0.4) is 0 Å². The van der Waals surface area contributed by atoms with Crippen LogP contribution in [-0.2, 0) is 14.3 Å². The van der Waals surface area contributed by atoms with Crippen molar-refractivity contribution in [2.75, 3.05) is 26.2 Å².